The quantitative estimate of drug-likeness (QED) is 0.304. The number of hydrogen-bond acceptors (Lipinski definition) is 4. The Morgan fingerprint density at radius 1 is 0.935 bits per heavy atom. The van der Waals surface area contributed by atoms with Gasteiger partial charge in [-0.3, -0.25) is 0 Å². The van der Waals surface area contributed by atoms with Crippen molar-refractivity contribution in [1.82, 2.24) is 4.98 Å². The van der Waals surface area contributed by atoms with Gasteiger partial charge >= 0.3 is 6.18 Å². The Balaban J connectivity index is 1.43. The van der Waals surface area contributed by atoms with E-state index in [2.05, 4.69) is 9.88 Å². The van der Waals surface area contributed by atoms with Gasteiger partial charge in [0.1, 0.15) is 5.82 Å². The molecule has 2 heterocycles. The van der Waals surface area contributed by atoms with Crippen molar-refractivity contribution >= 4 is 17.7 Å². The zero-order chi connectivity index (χ0) is 21.8. The number of piperazine rings is 1. The van der Waals surface area contributed by atoms with Gasteiger partial charge in [-0.15, -0.1) is 0 Å². The number of alkyl halides is 3. The van der Waals surface area contributed by atoms with Crippen LogP contribution in [0.5, 0.6) is 0 Å². The van der Waals surface area contributed by atoms with E-state index in [9.17, 15) is 18.4 Å². The third-order valence-electron chi connectivity index (χ3n) is 6.16. The molecular formula is C23H27F3N4O. The number of anilines is 2. The Hall–Kier alpha value is -2.77. The van der Waals surface area contributed by atoms with Gasteiger partial charge in [-0.05, 0) is 37.1 Å². The van der Waals surface area contributed by atoms with E-state index in [4.69, 9.17) is 0 Å². The molecule has 8 heteroatoms. The van der Waals surface area contributed by atoms with Gasteiger partial charge < -0.3 is 15.0 Å². The van der Waals surface area contributed by atoms with Crippen molar-refractivity contribution in [2.45, 2.75) is 44.3 Å². The summed E-state index contributed by atoms with van der Waals surface area (Å²) in [6.45, 7) is 2.71. The van der Waals surface area contributed by atoms with Crippen LogP contribution in [0.3, 0.4) is 0 Å². The number of pyridine rings is 1. The first-order valence-corrected chi connectivity index (χ1v) is 10.8. The van der Waals surface area contributed by atoms with Gasteiger partial charge in [0.2, 0.25) is 0 Å². The van der Waals surface area contributed by atoms with Crippen molar-refractivity contribution in [1.29, 1.82) is 0 Å². The normalized spacial score (nSPS) is 19.0. The molecule has 1 saturated carbocycles. The lowest BCUT2D eigenvalue weighted by molar-refractivity contribution is -0.500. The summed E-state index contributed by atoms with van der Waals surface area (Å²) < 4.78 is 39.4. The number of hydrogen-bond donors (Lipinski definition) is 0. The minimum absolute atomic E-state index is 0.0596. The molecule has 2 aliphatic rings. The van der Waals surface area contributed by atoms with Gasteiger partial charge in [-0.1, -0.05) is 18.6 Å². The molecule has 2 aromatic rings. The Kier molecular flexibility index (Phi) is 6.34. The molecule has 31 heavy (non-hydrogen) atoms. The topological polar surface area (TPSA) is 45.4 Å². The Morgan fingerprint density at radius 2 is 1.61 bits per heavy atom. The fourth-order valence-corrected chi connectivity index (χ4v) is 4.38. The monoisotopic (exact) mass is 432 g/mol. The van der Waals surface area contributed by atoms with Crippen molar-refractivity contribution in [3.8, 4) is 0 Å². The van der Waals surface area contributed by atoms with Crippen LogP contribution < -0.4 is 9.80 Å². The minimum Gasteiger partial charge on any atom is -0.624 e. The van der Waals surface area contributed by atoms with Gasteiger partial charge in [0.15, 0.2) is 12.3 Å². The van der Waals surface area contributed by atoms with Crippen LogP contribution in [-0.2, 0) is 6.18 Å². The lowest BCUT2D eigenvalue weighted by Crippen LogP contribution is -2.47. The lowest BCUT2D eigenvalue weighted by Gasteiger charge is -2.37. The Labute approximate surface area is 180 Å². The zero-order valence-corrected chi connectivity index (χ0v) is 17.4. The molecule has 0 atom stereocenters. The first-order valence-electron chi connectivity index (χ1n) is 10.8. The van der Waals surface area contributed by atoms with Crippen LogP contribution in [0.2, 0.25) is 0 Å². The van der Waals surface area contributed by atoms with E-state index in [1.165, 1.54) is 12.5 Å². The van der Waals surface area contributed by atoms with Gasteiger partial charge in [-0.2, -0.15) is 13.2 Å². The molecule has 5 nitrogen and oxygen atoms in total. The highest BCUT2D eigenvalue weighted by Gasteiger charge is 2.31. The van der Waals surface area contributed by atoms with Crippen LogP contribution in [-0.4, -0.2) is 48.2 Å². The molecule has 1 aliphatic carbocycles. The first kappa shape index (κ1) is 21.5. The summed E-state index contributed by atoms with van der Waals surface area (Å²) >= 11 is 0. The molecule has 4 rings (SSSR count). The van der Waals surface area contributed by atoms with E-state index in [0.717, 1.165) is 53.9 Å². The molecule has 2 fully saturated rings. The highest BCUT2D eigenvalue weighted by molar-refractivity contribution is 5.85. The SMILES string of the molecule is [O-][N+](=Cc1ccccc1N1CCN(c2ccc(C(F)(F)F)cn2)CC1)C1CCCCC1. The van der Waals surface area contributed by atoms with Crippen molar-refractivity contribution in [3.05, 3.63) is 58.9 Å². The fourth-order valence-electron chi connectivity index (χ4n) is 4.38. The van der Waals surface area contributed by atoms with E-state index in [0.29, 0.717) is 32.0 Å². The molecule has 166 valence electrons. The smallest absolute Gasteiger partial charge is 0.417 e. The minimum atomic E-state index is -4.38. The van der Waals surface area contributed by atoms with E-state index in [-0.39, 0.29) is 6.04 Å². The number of benzene rings is 1. The number of aromatic nitrogens is 1. The first-order chi connectivity index (χ1) is 14.9. The molecular weight excluding hydrogens is 405 g/mol. The predicted molar refractivity (Wildman–Crippen MR) is 116 cm³/mol. The summed E-state index contributed by atoms with van der Waals surface area (Å²) in [5.74, 6) is 0.551. The van der Waals surface area contributed by atoms with Crippen LogP contribution in [0, 0.1) is 5.21 Å². The summed E-state index contributed by atoms with van der Waals surface area (Å²) in [5, 5.41) is 12.7. The standard InChI is InChI=1S/C23H27F3N4O/c24-23(25,26)19-10-11-22(27-16-19)29-14-12-28(13-15-29)21-9-5-4-6-18(21)17-30(31)20-7-2-1-3-8-20/h4-6,9-11,16-17,20H,1-3,7-8,12-15H2. The third-order valence-corrected chi connectivity index (χ3v) is 6.16. The van der Waals surface area contributed by atoms with Gasteiger partial charge in [0.25, 0.3) is 0 Å². The summed E-state index contributed by atoms with van der Waals surface area (Å²) in [5.41, 5.74) is 1.18. The molecule has 0 unspecified atom stereocenters. The molecule has 1 saturated heterocycles. The average molecular weight is 432 g/mol. The number of nitrogens with zero attached hydrogens (tertiary/aromatic N) is 4. The molecule has 0 amide bonds. The number of halogens is 3. The number of hydroxylamine groups is 1. The van der Waals surface area contributed by atoms with E-state index >= 15 is 0 Å². The highest BCUT2D eigenvalue weighted by atomic mass is 19.4. The van der Waals surface area contributed by atoms with Crippen molar-refractivity contribution in [2.75, 3.05) is 36.0 Å². The molecule has 0 bridgehead atoms. The summed E-state index contributed by atoms with van der Waals surface area (Å²) in [4.78, 5) is 8.22. The summed E-state index contributed by atoms with van der Waals surface area (Å²) in [6, 6.07) is 10.5. The van der Waals surface area contributed by atoms with Crippen LogP contribution in [0.15, 0.2) is 42.6 Å². The maximum Gasteiger partial charge on any atom is 0.417 e. The second kappa shape index (κ2) is 9.16. The molecule has 0 radical (unpaired) electrons. The van der Waals surface area contributed by atoms with E-state index in [1.807, 2.05) is 29.2 Å². The van der Waals surface area contributed by atoms with Crippen LogP contribution in [0.1, 0.15) is 43.2 Å². The summed E-state index contributed by atoms with van der Waals surface area (Å²) in [6.07, 6.45) is 3.55. The fraction of sp³-hybridized carbons (Fsp3) is 0.478. The number of rotatable bonds is 4. The van der Waals surface area contributed by atoms with Gasteiger partial charge in [-0.25, -0.2) is 9.72 Å². The van der Waals surface area contributed by atoms with E-state index < -0.39 is 11.7 Å². The number of para-hydroxylation sites is 1. The predicted octanol–water partition coefficient (Wildman–Crippen LogP) is 4.69. The van der Waals surface area contributed by atoms with Crippen LogP contribution in [0.4, 0.5) is 24.7 Å². The van der Waals surface area contributed by atoms with Crippen molar-refractivity contribution < 1.29 is 17.9 Å². The van der Waals surface area contributed by atoms with Gasteiger partial charge in [0, 0.05) is 45.2 Å². The maximum absolute atomic E-state index is 12.8. The maximum atomic E-state index is 12.8. The molecule has 1 aromatic carbocycles. The Morgan fingerprint density at radius 3 is 2.26 bits per heavy atom. The van der Waals surface area contributed by atoms with Crippen LogP contribution >= 0.6 is 0 Å². The zero-order valence-electron chi connectivity index (χ0n) is 17.4. The highest BCUT2D eigenvalue weighted by Crippen LogP contribution is 2.30. The molecule has 0 N–H and O–H groups in total. The van der Waals surface area contributed by atoms with Crippen molar-refractivity contribution in [2.24, 2.45) is 0 Å². The molecule has 1 aromatic heterocycles. The largest absolute Gasteiger partial charge is 0.624 e. The van der Waals surface area contributed by atoms with E-state index in [1.54, 1.807) is 6.21 Å². The third kappa shape index (κ3) is 5.11. The molecule has 0 spiro atoms. The lowest BCUT2D eigenvalue weighted by atomic mass is 9.96. The Bertz CT molecular complexity index is 900. The molecule has 1 aliphatic heterocycles. The second-order valence-corrected chi connectivity index (χ2v) is 8.22. The second-order valence-electron chi connectivity index (χ2n) is 8.22. The van der Waals surface area contributed by atoms with Crippen molar-refractivity contribution in [3.63, 3.8) is 0 Å². The summed E-state index contributed by atoms with van der Waals surface area (Å²) in [7, 11) is 0. The van der Waals surface area contributed by atoms with Gasteiger partial charge in [0.05, 0.1) is 16.8 Å². The average Bonchev–Trinajstić information content (AvgIpc) is 2.80. The van der Waals surface area contributed by atoms with Crippen LogP contribution in [0.25, 0.3) is 0 Å².